The number of rotatable bonds is 2. The van der Waals surface area contributed by atoms with Crippen LogP contribution in [0.2, 0.25) is 0 Å². The summed E-state index contributed by atoms with van der Waals surface area (Å²) in [5, 5.41) is 0. The molecule has 110 valence electrons. The first-order chi connectivity index (χ1) is 9.82. The van der Waals surface area contributed by atoms with Gasteiger partial charge in [-0.25, -0.2) is 8.42 Å². The third kappa shape index (κ3) is 2.11. The summed E-state index contributed by atoms with van der Waals surface area (Å²) in [4.78, 5) is 0.894. The molecule has 2 aromatic carbocycles. The monoisotopic (exact) mass is 300 g/mol. The van der Waals surface area contributed by atoms with Crippen molar-refractivity contribution in [1.82, 2.24) is 0 Å². The van der Waals surface area contributed by atoms with E-state index in [-0.39, 0.29) is 0 Å². The molecule has 0 N–H and O–H groups in total. The Labute approximate surface area is 126 Å². The van der Waals surface area contributed by atoms with E-state index in [1.165, 1.54) is 11.1 Å². The summed E-state index contributed by atoms with van der Waals surface area (Å²) >= 11 is 0. The molecule has 0 radical (unpaired) electrons. The fourth-order valence-corrected chi connectivity index (χ4v) is 4.47. The Kier molecular flexibility index (Phi) is 3.21. The summed E-state index contributed by atoms with van der Waals surface area (Å²) in [6.07, 6.45) is 0. The van der Waals surface area contributed by atoms with Gasteiger partial charge in [0, 0.05) is 11.1 Å². The molecule has 0 spiro atoms. The first-order valence-electron chi connectivity index (χ1n) is 7.35. The maximum atomic E-state index is 12.6. The SMILES string of the molecule is CC(C)c1ccc2c(c1)-c1cc(C(C)C)ccc1S2(=O)=O. The summed E-state index contributed by atoms with van der Waals surface area (Å²) in [6.45, 7) is 8.49. The Hall–Kier alpha value is -1.61. The van der Waals surface area contributed by atoms with Gasteiger partial charge in [0.05, 0.1) is 9.79 Å². The topological polar surface area (TPSA) is 34.1 Å². The molecule has 1 aliphatic rings. The van der Waals surface area contributed by atoms with Crippen molar-refractivity contribution in [3.8, 4) is 11.1 Å². The van der Waals surface area contributed by atoms with E-state index >= 15 is 0 Å². The van der Waals surface area contributed by atoms with Gasteiger partial charge in [-0.2, -0.15) is 0 Å². The Morgan fingerprint density at radius 2 is 1.10 bits per heavy atom. The number of benzene rings is 2. The minimum Gasteiger partial charge on any atom is -0.218 e. The van der Waals surface area contributed by atoms with Gasteiger partial charge in [0.25, 0.3) is 0 Å². The van der Waals surface area contributed by atoms with Crippen molar-refractivity contribution in [1.29, 1.82) is 0 Å². The summed E-state index contributed by atoms with van der Waals surface area (Å²) in [6, 6.07) is 11.4. The van der Waals surface area contributed by atoms with Gasteiger partial charge in [-0.15, -0.1) is 0 Å². The molecule has 1 heterocycles. The second-order valence-corrected chi connectivity index (χ2v) is 8.21. The molecule has 0 unspecified atom stereocenters. The first kappa shape index (κ1) is 14.3. The summed E-state index contributed by atoms with van der Waals surface area (Å²) in [5.74, 6) is 0.769. The Morgan fingerprint density at radius 1 is 0.714 bits per heavy atom. The highest BCUT2D eigenvalue weighted by Gasteiger charge is 2.33. The van der Waals surface area contributed by atoms with Gasteiger partial charge in [0.2, 0.25) is 9.84 Å². The highest BCUT2D eigenvalue weighted by Crippen LogP contribution is 2.45. The van der Waals surface area contributed by atoms with Crippen molar-refractivity contribution in [3.05, 3.63) is 47.5 Å². The van der Waals surface area contributed by atoms with E-state index in [1.54, 1.807) is 12.1 Å². The van der Waals surface area contributed by atoms with Gasteiger partial charge in [-0.1, -0.05) is 39.8 Å². The minimum atomic E-state index is -3.35. The lowest BCUT2D eigenvalue weighted by molar-refractivity contribution is 0.598. The predicted molar refractivity (Wildman–Crippen MR) is 85.5 cm³/mol. The molecule has 0 aliphatic carbocycles. The van der Waals surface area contributed by atoms with Crippen molar-refractivity contribution in [3.63, 3.8) is 0 Å². The lowest BCUT2D eigenvalue weighted by atomic mass is 9.94. The van der Waals surface area contributed by atoms with Crippen LogP contribution in [0, 0.1) is 0 Å². The average Bonchev–Trinajstić information content (AvgIpc) is 2.67. The molecule has 0 saturated heterocycles. The zero-order valence-corrected chi connectivity index (χ0v) is 13.7. The fourth-order valence-electron chi connectivity index (χ4n) is 2.82. The average molecular weight is 300 g/mol. The largest absolute Gasteiger partial charge is 0.218 e. The molecule has 0 saturated carbocycles. The molecule has 0 fully saturated rings. The van der Waals surface area contributed by atoms with Gasteiger partial charge in [-0.05, 0) is 47.2 Å². The molecule has 0 amide bonds. The van der Waals surface area contributed by atoms with Crippen LogP contribution in [-0.4, -0.2) is 8.42 Å². The van der Waals surface area contributed by atoms with Crippen LogP contribution < -0.4 is 0 Å². The number of fused-ring (bicyclic) bond motifs is 3. The van der Waals surface area contributed by atoms with E-state index in [0.29, 0.717) is 21.6 Å². The van der Waals surface area contributed by atoms with Crippen molar-refractivity contribution in [2.24, 2.45) is 0 Å². The molecule has 0 aromatic heterocycles. The van der Waals surface area contributed by atoms with Crippen LogP contribution in [0.1, 0.15) is 50.7 Å². The maximum Gasteiger partial charge on any atom is 0.207 e. The number of sulfone groups is 1. The van der Waals surface area contributed by atoms with Gasteiger partial charge < -0.3 is 0 Å². The van der Waals surface area contributed by atoms with Crippen LogP contribution in [0.4, 0.5) is 0 Å². The lowest BCUT2D eigenvalue weighted by Crippen LogP contribution is -1.97. The van der Waals surface area contributed by atoms with Crippen LogP contribution in [0.25, 0.3) is 11.1 Å². The smallest absolute Gasteiger partial charge is 0.207 e. The van der Waals surface area contributed by atoms with E-state index in [9.17, 15) is 8.42 Å². The fraction of sp³-hybridized carbons (Fsp3) is 0.333. The normalized spacial score (nSPS) is 15.3. The number of hydrogen-bond acceptors (Lipinski definition) is 2. The van der Waals surface area contributed by atoms with Gasteiger partial charge in [-0.3, -0.25) is 0 Å². The van der Waals surface area contributed by atoms with Crippen LogP contribution in [-0.2, 0) is 9.84 Å². The van der Waals surface area contributed by atoms with Crippen LogP contribution in [0.3, 0.4) is 0 Å². The zero-order valence-electron chi connectivity index (χ0n) is 12.8. The van der Waals surface area contributed by atoms with E-state index in [4.69, 9.17) is 0 Å². The van der Waals surface area contributed by atoms with Crippen molar-refractivity contribution in [2.45, 2.75) is 49.3 Å². The third-order valence-corrected chi connectivity index (χ3v) is 6.08. The Morgan fingerprint density at radius 3 is 1.43 bits per heavy atom. The maximum absolute atomic E-state index is 12.6. The molecule has 2 aromatic rings. The Bertz CT molecular complexity index is 752. The molecule has 3 heteroatoms. The van der Waals surface area contributed by atoms with Crippen LogP contribution >= 0.6 is 0 Å². The highest BCUT2D eigenvalue weighted by molar-refractivity contribution is 7.92. The van der Waals surface area contributed by atoms with E-state index in [0.717, 1.165) is 11.1 Å². The minimum absolute atomic E-state index is 0.385. The van der Waals surface area contributed by atoms with Crippen LogP contribution in [0.15, 0.2) is 46.2 Å². The molecule has 21 heavy (non-hydrogen) atoms. The highest BCUT2D eigenvalue weighted by atomic mass is 32.2. The molecular weight excluding hydrogens is 280 g/mol. The molecular formula is C18H20O2S. The molecule has 3 rings (SSSR count). The molecule has 0 bridgehead atoms. The Balaban J connectivity index is 2.32. The third-order valence-electron chi connectivity index (χ3n) is 4.21. The van der Waals surface area contributed by atoms with Crippen LogP contribution in [0.5, 0.6) is 0 Å². The lowest BCUT2D eigenvalue weighted by Gasteiger charge is -2.09. The quantitative estimate of drug-likeness (QED) is 0.684. The van der Waals surface area contributed by atoms with Gasteiger partial charge in [0.15, 0.2) is 0 Å². The van der Waals surface area contributed by atoms with E-state index in [1.807, 2.05) is 24.3 Å². The summed E-state index contributed by atoms with van der Waals surface area (Å²) < 4.78 is 25.3. The second-order valence-electron chi connectivity index (χ2n) is 6.32. The summed E-state index contributed by atoms with van der Waals surface area (Å²) in [5.41, 5.74) is 4.07. The second kappa shape index (κ2) is 4.70. The molecule has 2 nitrogen and oxygen atoms in total. The van der Waals surface area contributed by atoms with E-state index in [2.05, 4.69) is 27.7 Å². The zero-order chi connectivity index (χ0) is 15.4. The van der Waals surface area contributed by atoms with E-state index < -0.39 is 9.84 Å². The first-order valence-corrected chi connectivity index (χ1v) is 8.84. The van der Waals surface area contributed by atoms with Crippen molar-refractivity contribution in [2.75, 3.05) is 0 Å². The number of hydrogen-bond donors (Lipinski definition) is 0. The predicted octanol–water partition coefficient (Wildman–Crippen LogP) is 4.75. The summed E-state index contributed by atoms with van der Waals surface area (Å²) in [7, 11) is -3.35. The molecule has 0 atom stereocenters. The van der Waals surface area contributed by atoms with Crippen molar-refractivity contribution >= 4 is 9.84 Å². The van der Waals surface area contributed by atoms with Gasteiger partial charge >= 0.3 is 0 Å². The standard InChI is InChI=1S/C18H20O2S/c1-11(2)13-5-7-17-15(9-13)16-10-14(12(3)4)6-8-18(16)21(17,19)20/h5-12H,1-4H3. The van der Waals surface area contributed by atoms with Crippen molar-refractivity contribution < 1.29 is 8.42 Å². The van der Waals surface area contributed by atoms with Gasteiger partial charge in [0.1, 0.15) is 0 Å². The molecule has 1 aliphatic heterocycles.